The van der Waals surface area contributed by atoms with E-state index in [9.17, 15) is 9.59 Å². The highest BCUT2D eigenvalue weighted by molar-refractivity contribution is 5.89. The van der Waals surface area contributed by atoms with Gasteiger partial charge in [-0.3, -0.25) is 14.6 Å². The average molecular weight is 234 g/mol. The molecular formula is C12H14N2O3. The minimum absolute atomic E-state index is 0.152. The zero-order valence-corrected chi connectivity index (χ0v) is 9.30. The molecule has 2 N–H and O–H groups in total. The Bertz CT molecular complexity index is 419. The number of rotatable bonds is 5. The van der Waals surface area contributed by atoms with Gasteiger partial charge in [-0.2, -0.15) is 0 Å². The normalized spacial score (nSPS) is 21.9. The Morgan fingerprint density at radius 2 is 2.29 bits per heavy atom. The van der Waals surface area contributed by atoms with E-state index in [-0.39, 0.29) is 11.8 Å². The molecule has 0 bridgehead atoms. The summed E-state index contributed by atoms with van der Waals surface area (Å²) in [5.74, 6) is -1.84. The summed E-state index contributed by atoms with van der Waals surface area (Å²) in [6, 6.07) is 3.79. The number of amides is 1. The summed E-state index contributed by atoms with van der Waals surface area (Å²) < 4.78 is 0. The first kappa shape index (κ1) is 11.6. The summed E-state index contributed by atoms with van der Waals surface area (Å²) in [7, 11) is 0. The molecule has 1 amide bonds. The third-order valence-electron chi connectivity index (χ3n) is 2.88. The first-order valence-electron chi connectivity index (χ1n) is 5.58. The fourth-order valence-electron chi connectivity index (χ4n) is 1.76. The van der Waals surface area contributed by atoms with Crippen LogP contribution >= 0.6 is 0 Å². The van der Waals surface area contributed by atoms with Gasteiger partial charge >= 0.3 is 5.97 Å². The maximum Gasteiger partial charge on any atom is 0.307 e. The van der Waals surface area contributed by atoms with Crippen LogP contribution in [-0.4, -0.2) is 28.5 Å². The van der Waals surface area contributed by atoms with E-state index in [0.29, 0.717) is 19.4 Å². The van der Waals surface area contributed by atoms with Crippen LogP contribution in [0.25, 0.3) is 0 Å². The maximum atomic E-state index is 11.5. The number of carboxylic acids is 1. The minimum atomic E-state index is -0.877. The number of nitrogens with zero attached hydrogens (tertiary/aromatic N) is 1. The largest absolute Gasteiger partial charge is 0.481 e. The van der Waals surface area contributed by atoms with Crippen molar-refractivity contribution in [1.82, 2.24) is 10.3 Å². The summed E-state index contributed by atoms with van der Waals surface area (Å²) in [6.07, 6.45) is 4.63. The van der Waals surface area contributed by atoms with E-state index in [1.54, 1.807) is 12.4 Å². The Morgan fingerprint density at radius 3 is 2.88 bits per heavy atom. The van der Waals surface area contributed by atoms with Crippen LogP contribution < -0.4 is 5.32 Å². The summed E-state index contributed by atoms with van der Waals surface area (Å²) in [6.45, 7) is 0.521. The lowest BCUT2D eigenvalue weighted by atomic mass is 10.2. The molecule has 0 radical (unpaired) electrons. The third kappa shape index (κ3) is 3.03. The van der Waals surface area contributed by atoms with Crippen molar-refractivity contribution in [1.29, 1.82) is 0 Å². The number of hydrogen-bond donors (Lipinski definition) is 2. The molecule has 1 saturated carbocycles. The topological polar surface area (TPSA) is 79.3 Å². The molecule has 0 aliphatic heterocycles. The number of nitrogens with one attached hydrogen (secondary N) is 1. The van der Waals surface area contributed by atoms with Crippen molar-refractivity contribution in [2.45, 2.75) is 12.8 Å². The Labute approximate surface area is 98.9 Å². The molecule has 1 aromatic rings. The summed E-state index contributed by atoms with van der Waals surface area (Å²) in [5, 5.41) is 11.4. The van der Waals surface area contributed by atoms with Gasteiger partial charge in [0.25, 0.3) is 0 Å². The quantitative estimate of drug-likeness (QED) is 0.775. The Morgan fingerprint density at radius 1 is 1.47 bits per heavy atom. The van der Waals surface area contributed by atoms with Crippen molar-refractivity contribution in [3.8, 4) is 0 Å². The smallest absolute Gasteiger partial charge is 0.307 e. The Kier molecular flexibility index (Phi) is 3.37. The van der Waals surface area contributed by atoms with Gasteiger partial charge in [0.2, 0.25) is 5.91 Å². The fraction of sp³-hybridized carbons (Fsp3) is 0.417. The first-order valence-corrected chi connectivity index (χ1v) is 5.58. The molecule has 5 nitrogen and oxygen atoms in total. The number of carboxylic acid groups (broad SMARTS) is 1. The molecule has 1 aliphatic carbocycles. The van der Waals surface area contributed by atoms with Crippen molar-refractivity contribution in [2.75, 3.05) is 6.54 Å². The second-order valence-electron chi connectivity index (χ2n) is 4.19. The third-order valence-corrected chi connectivity index (χ3v) is 2.88. The van der Waals surface area contributed by atoms with Gasteiger partial charge in [-0.15, -0.1) is 0 Å². The van der Waals surface area contributed by atoms with Crippen molar-refractivity contribution in [3.05, 3.63) is 30.1 Å². The molecule has 1 fully saturated rings. The molecule has 1 aromatic heterocycles. The lowest BCUT2D eigenvalue weighted by Gasteiger charge is -2.03. The molecule has 0 saturated heterocycles. The molecule has 0 spiro atoms. The van der Waals surface area contributed by atoms with E-state index in [1.807, 2.05) is 12.1 Å². The van der Waals surface area contributed by atoms with Crippen LogP contribution in [0.2, 0.25) is 0 Å². The van der Waals surface area contributed by atoms with Gasteiger partial charge in [0.05, 0.1) is 11.8 Å². The molecule has 1 aliphatic rings. The minimum Gasteiger partial charge on any atom is -0.481 e. The van der Waals surface area contributed by atoms with E-state index in [1.165, 1.54) is 0 Å². The van der Waals surface area contributed by atoms with Crippen molar-refractivity contribution < 1.29 is 14.7 Å². The molecule has 2 rings (SSSR count). The molecule has 0 aromatic carbocycles. The first-order chi connectivity index (χ1) is 8.18. The zero-order chi connectivity index (χ0) is 12.3. The average Bonchev–Trinajstić information content (AvgIpc) is 3.10. The van der Waals surface area contributed by atoms with Crippen LogP contribution in [0.5, 0.6) is 0 Å². The monoisotopic (exact) mass is 234 g/mol. The molecule has 2 unspecified atom stereocenters. The predicted octanol–water partition coefficient (Wildman–Crippen LogP) is 0.461. The fourth-order valence-corrected chi connectivity index (χ4v) is 1.76. The van der Waals surface area contributed by atoms with Crippen LogP contribution in [0.1, 0.15) is 12.0 Å². The molecule has 1 heterocycles. The highest BCUT2D eigenvalue weighted by Crippen LogP contribution is 2.38. The lowest BCUT2D eigenvalue weighted by Crippen LogP contribution is -2.28. The van der Waals surface area contributed by atoms with E-state index in [0.717, 1.165) is 5.56 Å². The number of hydrogen-bond acceptors (Lipinski definition) is 3. The zero-order valence-electron chi connectivity index (χ0n) is 9.30. The van der Waals surface area contributed by atoms with Gasteiger partial charge in [-0.25, -0.2) is 0 Å². The number of aliphatic carboxylic acids is 1. The Hall–Kier alpha value is -1.91. The standard InChI is InChI=1S/C12H14N2O3/c15-11(9-6-10(9)12(16)17)14-5-3-8-2-1-4-13-7-8/h1-2,4,7,9-10H,3,5-6H2,(H,14,15)(H,16,17). The molecular weight excluding hydrogens is 220 g/mol. The molecule has 90 valence electrons. The van der Waals surface area contributed by atoms with Gasteiger partial charge in [0.1, 0.15) is 0 Å². The lowest BCUT2D eigenvalue weighted by molar-refractivity contribution is -0.140. The van der Waals surface area contributed by atoms with Crippen LogP contribution in [-0.2, 0) is 16.0 Å². The second kappa shape index (κ2) is 4.95. The van der Waals surface area contributed by atoms with Crippen LogP contribution in [0.4, 0.5) is 0 Å². The van der Waals surface area contributed by atoms with Crippen LogP contribution in [0.15, 0.2) is 24.5 Å². The predicted molar refractivity (Wildman–Crippen MR) is 60.2 cm³/mol. The second-order valence-corrected chi connectivity index (χ2v) is 4.19. The summed E-state index contributed by atoms with van der Waals surface area (Å²) in [5.41, 5.74) is 1.05. The van der Waals surface area contributed by atoms with Gasteiger partial charge < -0.3 is 10.4 Å². The van der Waals surface area contributed by atoms with Crippen LogP contribution in [0.3, 0.4) is 0 Å². The number of aromatic nitrogens is 1. The van der Waals surface area contributed by atoms with Crippen LogP contribution in [0, 0.1) is 11.8 Å². The van der Waals surface area contributed by atoms with Gasteiger partial charge in [0.15, 0.2) is 0 Å². The van der Waals surface area contributed by atoms with Crippen molar-refractivity contribution in [3.63, 3.8) is 0 Å². The van der Waals surface area contributed by atoms with Gasteiger partial charge in [-0.1, -0.05) is 6.07 Å². The molecule has 17 heavy (non-hydrogen) atoms. The number of pyridine rings is 1. The van der Waals surface area contributed by atoms with E-state index < -0.39 is 11.9 Å². The van der Waals surface area contributed by atoms with E-state index >= 15 is 0 Å². The van der Waals surface area contributed by atoms with Gasteiger partial charge in [0, 0.05) is 18.9 Å². The van der Waals surface area contributed by atoms with E-state index in [4.69, 9.17) is 5.11 Å². The molecule has 5 heteroatoms. The number of carbonyl (C=O) groups excluding carboxylic acids is 1. The molecule has 2 atom stereocenters. The summed E-state index contributed by atoms with van der Waals surface area (Å²) in [4.78, 5) is 26.1. The van der Waals surface area contributed by atoms with Crippen molar-refractivity contribution in [2.24, 2.45) is 11.8 Å². The van der Waals surface area contributed by atoms with Crippen molar-refractivity contribution >= 4 is 11.9 Å². The van der Waals surface area contributed by atoms with E-state index in [2.05, 4.69) is 10.3 Å². The number of carbonyl (C=O) groups is 2. The highest BCUT2D eigenvalue weighted by atomic mass is 16.4. The van der Waals surface area contributed by atoms with Gasteiger partial charge in [-0.05, 0) is 24.5 Å². The maximum absolute atomic E-state index is 11.5. The summed E-state index contributed by atoms with van der Waals surface area (Å²) >= 11 is 0. The SMILES string of the molecule is O=C(O)C1CC1C(=O)NCCc1cccnc1. The Balaban J connectivity index is 1.70. The highest BCUT2D eigenvalue weighted by Gasteiger charge is 2.48.